The van der Waals surface area contributed by atoms with Crippen LogP contribution in [0.1, 0.15) is 22.8 Å². The molecular formula is C17H14N2O. The lowest BCUT2D eigenvalue weighted by Crippen LogP contribution is -2.14. The van der Waals surface area contributed by atoms with Crippen molar-refractivity contribution in [3.05, 3.63) is 71.4 Å². The highest BCUT2D eigenvalue weighted by molar-refractivity contribution is 5.72. The Labute approximate surface area is 117 Å². The van der Waals surface area contributed by atoms with E-state index in [9.17, 15) is 0 Å². The first-order chi connectivity index (χ1) is 9.83. The highest BCUT2D eigenvalue weighted by Gasteiger charge is 2.28. The van der Waals surface area contributed by atoms with Crippen LogP contribution in [0.4, 0.5) is 0 Å². The molecule has 0 bridgehead atoms. The van der Waals surface area contributed by atoms with E-state index in [1.807, 2.05) is 24.4 Å². The maximum absolute atomic E-state index is 6.18. The van der Waals surface area contributed by atoms with Gasteiger partial charge in [-0.25, -0.2) is 0 Å². The van der Waals surface area contributed by atoms with Crippen LogP contribution >= 0.6 is 0 Å². The third-order valence-corrected chi connectivity index (χ3v) is 3.73. The molecule has 3 nitrogen and oxygen atoms in total. The zero-order chi connectivity index (χ0) is 13.5. The number of aromatic amines is 1. The van der Waals surface area contributed by atoms with Crippen molar-refractivity contribution in [3.63, 3.8) is 0 Å². The fraction of sp³-hybridized carbons (Fsp3) is 0.118. The van der Waals surface area contributed by atoms with Gasteiger partial charge in [-0.15, -0.1) is 0 Å². The minimum absolute atomic E-state index is 0.0979. The van der Waals surface area contributed by atoms with Gasteiger partial charge in [0.2, 0.25) is 0 Å². The Morgan fingerprint density at radius 1 is 1.05 bits per heavy atom. The monoisotopic (exact) mass is 262 g/mol. The predicted octanol–water partition coefficient (Wildman–Crippen LogP) is 3.87. The molecule has 1 N–H and O–H groups in total. The first-order valence-corrected chi connectivity index (χ1v) is 6.69. The minimum atomic E-state index is -0.0979. The van der Waals surface area contributed by atoms with Crippen molar-refractivity contribution >= 4 is 0 Å². The van der Waals surface area contributed by atoms with Gasteiger partial charge >= 0.3 is 0 Å². The summed E-state index contributed by atoms with van der Waals surface area (Å²) in [4.78, 5) is 0. The van der Waals surface area contributed by atoms with E-state index in [1.165, 1.54) is 5.56 Å². The number of aryl methyl sites for hydroxylation is 1. The van der Waals surface area contributed by atoms with Crippen LogP contribution in [-0.2, 0) is 0 Å². The van der Waals surface area contributed by atoms with E-state index in [4.69, 9.17) is 4.74 Å². The lowest BCUT2D eigenvalue weighted by atomic mass is 9.95. The van der Waals surface area contributed by atoms with E-state index >= 15 is 0 Å². The number of H-pyrrole nitrogens is 1. The first-order valence-electron chi connectivity index (χ1n) is 6.69. The number of fused-ring (bicyclic) bond motifs is 3. The Morgan fingerprint density at radius 2 is 1.85 bits per heavy atom. The van der Waals surface area contributed by atoms with Crippen LogP contribution in [0.2, 0.25) is 0 Å². The highest BCUT2D eigenvalue weighted by atomic mass is 16.5. The molecule has 1 aromatic heterocycles. The Kier molecular flexibility index (Phi) is 2.39. The third-order valence-electron chi connectivity index (χ3n) is 3.73. The van der Waals surface area contributed by atoms with Gasteiger partial charge in [-0.1, -0.05) is 42.0 Å². The van der Waals surface area contributed by atoms with E-state index in [-0.39, 0.29) is 6.10 Å². The van der Waals surface area contributed by atoms with Crippen molar-refractivity contribution in [1.29, 1.82) is 0 Å². The minimum Gasteiger partial charge on any atom is -0.480 e. The zero-order valence-corrected chi connectivity index (χ0v) is 11.1. The van der Waals surface area contributed by atoms with E-state index in [0.717, 1.165) is 28.1 Å². The smallest absolute Gasteiger partial charge is 0.153 e. The molecule has 2 aromatic carbocycles. The number of ether oxygens (including phenoxy) is 1. The lowest BCUT2D eigenvalue weighted by molar-refractivity contribution is 0.243. The van der Waals surface area contributed by atoms with Gasteiger partial charge < -0.3 is 4.74 Å². The number of nitrogens with zero attached hydrogens (tertiary/aromatic N) is 1. The van der Waals surface area contributed by atoms with Crippen molar-refractivity contribution in [1.82, 2.24) is 10.2 Å². The summed E-state index contributed by atoms with van der Waals surface area (Å²) in [5, 5.41) is 7.29. The SMILES string of the molecule is Cc1ccc(C2Oc3ccccc3-c3[nH]ncc32)cc1. The average Bonchev–Trinajstić information content (AvgIpc) is 2.97. The van der Waals surface area contributed by atoms with E-state index < -0.39 is 0 Å². The maximum Gasteiger partial charge on any atom is 0.153 e. The fourth-order valence-corrected chi connectivity index (χ4v) is 2.67. The summed E-state index contributed by atoms with van der Waals surface area (Å²) in [5.74, 6) is 0.898. The van der Waals surface area contributed by atoms with Gasteiger partial charge in [0.05, 0.1) is 11.9 Å². The first kappa shape index (κ1) is 11.3. The van der Waals surface area contributed by atoms with E-state index in [1.54, 1.807) is 0 Å². The zero-order valence-electron chi connectivity index (χ0n) is 11.1. The van der Waals surface area contributed by atoms with Crippen LogP contribution in [0.3, 0.4) is 0 Å². The molecule has 3 heteroatoms. The van der Waals surface area contributed by atoms with Crippen LogP contribution in [-0.4, -0.2) is 10.2 Å². The quantitative estimate of drug-likeness (QED) is 0.723. The molecule has 2 heterocycles. The molecule has 0 amide bonds. The van der Waals surface area contributed by atoms with Crippen molar-refractivity contribution in [2.75, 3.05) is 0 Å². The van der Waals surface area contributed by atoms with Gasteiger partial charge in [-0.3, -0.25) is 5.10 Å². The molecule has 0 saturated carbocycles. The van der Waals surface area contributed by atoms with Crippen LogP contribution in [0.15, 0.2) is 54.7 Å². The summed E-state index contributed by atoms with van der Waals surface area (Å²) in [6, 6.07) is 16.5. The average molecular weight is 262 g/mol. The van der Waals surface area contributed by atoms with Crippen molar-refractivity contribution in [3.8, 4) is 17.0 Å². The summed E-state index contributed by atoms with van der Waals surface area (Å²) in [7, 11) is 0. The molecule has 98 valence electrons. The third kappa shape index (κ3) is 1.63. The molecule has 0 radical (unpaired) electrons. The summed E-state index contributed by atoms with van der Waals surface area (Å²) in [6.07, 6.45) is 1.76. The summed E-state index contributed by atoms with van der Waals surface area (Å²) in [6.45, 7) is 2.09. The Morgan fingerprint density at radius 3 is 2.70 bits per heavy atom. The molecule has 1 aliphatic rings. The van der Waals surface area contributed by atoms with Crippen LogP contribution in [0.5, 0.6) is 5.75 Å². The van der Waals surface area contributed by atoms with Gasteiger partial charge in [0.1, 0.15) is 5.75 Å². The summed E-state index contributed by atoms with van der Waals surface area (Å²) >= 11 is 0. The van der Waals surface area contributed by atoms with Crippen LogP contribution < -0.4 is 4.74 Å². The molecule has 0 aliphatic carbocycles. The molecule has 1 unspecified atom stereocenters. The molecule has 1 atom stereocenters. The number of para-hydroxylation sites is 1. The second-order valence-electron chi connectivity index (χ2n) is 5.11. The van der Waals surface area contributed by atoms with Gasteiger partial charge in [0.25, 0.3) is 0 Å². The molecule has 1 aliphatic heterocycles. The number of hydrogen-bond acceptors (Lipinski definition) is 2. The Balaban J connectivity index is 1.87. The largest absolute Gasteiger partial charge is 0.480 e. The number of nitrogens with one attached hydrogen (secondary N) is 1. The number of rotatable bonds is 1. The Hall–Kier alpha value is -2.55. The normalized spacial score (nSPS) is 16.1. The molecule has 0 saturated heterocycles. The standard InChI is InChI=1S/C17H14N2O/c1-11-6-8-12(9-7-11)17-14-10-18-19-16(14)13-4-2-3-5-15(13)20-17/h2-10,17H,1H3,(H,18,19). The van der Waals surface area contributed by atoms with Crippen molar-refractivity contribution in [2.24, 2.45) is 0 Å². The number of benzene rings is 2. The number of aromatic nitrogens is 2. The highest BCUT2D eigenvalue weighted by Crippen LogP contribution is 2.43. The molecule has 20 heavy (non-hydrogen) atoms. The Bertz CT molecular complexity index is 759. The van der Waals surface area contributed by atoms with Gasteiger partial charge in [0, 0.05) is 11.1 Å². The van der Waals surface area contributed by atoms with E-state index in [2.05, 4.69) is 47.5 Å². The van der Waals surface area contributed by atoms with Crippen LogP contribution in [0.25, 0.3) is 11.3 Å². The fourth-order valence-electron chi connectivity index (χ4n) is 2.67. The topological polar surface area (TPSA) is 37.9 Å². The molecular weight excluding hydrogens is 248 g/mol. The predicted molar refractivity (Wildman–Crippen MR) is 77.7 cm³/mol. The second-order valence-corrected chi connectivity index (χ2v) is 5.11. The molecule has 0 fully saturated rings. The molecule has 0 spiro atoms. The summed E-state index contributed by atoms with van der Waals surface area (Å²) < 4.78 is 6.18. The van der Waals surface area contributed by atoms with Gasteiger partial charge in [0.15, 0.2) is 6.10 Å². The van der Waals surface area contributed by atoms with Gasteiger partial charge in [-0.2, -0.15) is 5.10 Å². The number of hydrogen-bond donors (Lipinski definition) is 1. The second kappa shape index (κ2) is 4.23. The van der Waals surface area contributed by atoms with Gasteiger partial charge in [-0.05, 0) is 24.6 Å². The van der Waals surface area contributed by atoms with Crippen LogP contribution in [0, 0.1) is 6.92 Å². The molecule has 4 rings (SSSR count). The summed E-state index contributed by atoms with van der Waals surface area (Å²) in [5.41, 5.74) is 5.61. The lowest BCUT2D eigenvalue weighted by Gasteiger charge is -2.26. The molecule has 3 aromatic rings. The maximum atomic E-state index is 6.18. The van der Waals surface area contributed by atoms with E-state index in [0.29, 0.717) is 0 Å². The van der Waals surface area contributed by atoms with Crippen molar-refractivity contribution < 1.29 is 4.74 Å². The van der Waals surface area contributed by atoms with Crippen molar-refractivity contribution in [2.45, 2.75) is 13.0 Å².